The van der Waals surface area contributed by atoms with E-state index in [1.165, 1.54) is 24.3 Å². The summed E-state index contributed by atoms with van der Waals surface area (Å²) in [5.41, 5.74) is -3.10. The van der Waals surface area contributed by atoms with Crippen molar-refractivity contribution in [3.8, 4) is 34.3 Å². The second kappa shape index (κ2) is 11.8. The average Bonchev–Trinajstić information content (AvgIpc) is 2.88. The Kier molecular flexibility index (Phi) is 8.60. The van der Waals surface area contributed by atoms with E-state index in [4.69, 9.17) is 23.7 Å². The zero-order valence-corrected chi connectivity index (χ0v) is 21.9. The van der Waals surface area contributed by atoms with Gasteiger partial charge >= 0.3 is 11.9 Å². The highest BCUT2D eigenvalue weighted by Crippen LogP contribution is 2.37. The molecule has 1 aliphatic rings. The Morgan fingerprint density at radius 1 is 1.00 bits per heavy atom. The van der Waals surface area contributed by atoms with Crippen LogP contribution >= 0.6 is 0 Å². The molecule has 2 heterocycles. The number of carbonyl (C=O) groups excluding carboxylic acids is 1. The molecule has 1 fully saturated rings. The molecule has 1 aromatic heterocycles. The van der Waals surface area contributed by atoms with Gasteiger partial charge in [-0.3, -0.25) is 14.4 Å². The van der Waals surface area contributed by atoms with E-state index >= 15 is 0 Å². The Hall–Kier alpha value is -4.41. The maximum absolute atomic E-state index is 13.5. The van der Waals surface area contributed by atoms with Crippen molar-refractivity contribution in [1.82, 2.24) is 0 Å². The third-order valence-corrected chi connectivity index (χ3v) is 6.43. The van der Waals surface area contributed by atoms with Gasteiger partial charge in [0.05, 0.1) is 25.0 Å². The zero-order valence-electron chi connectivity index (χ0n) is 21.9. The lowest BCUT2D eigenvalue weighted by molar-refractivity contribution is -0.282. The predicted octanol–water partition coefficient (Wildman–Crippen LogP) is -0.0778. The number of carboxylic acid groups (broad SMARTS) is 1. The standard InChI is InChI=1S/C27H28O15/c1-27(38,8-17(32)33)9-18(34)41-24-20(35)16(10-28)40-26(22(24)37)42-25-21(36)19-14(31)6-13(30)7-15(19)39-23(25)11-2-4-12(29)5-3-11/h2-7,16,20,22,24,26,28-31,35,37-38H,8-10H2,1H3,(H,32,33)/t16-,20-,22-,24+,26+,27-/m1/s1. The highest BCUT2D eigenvalue weighted by atomic mass is 16.7. The summed E-state index contributed by atoms with van der Waals surface area (Å²) in [6.45, 7) is 0.205. The number of benzene rings is 2. The van der Waals surface area contributed by atoms with Crippen molar-refractivity contribution >= 4 is 22.9 Å². The molecule has 1 saturated heterocycles. The third-order valence-electron chi connectivity index (χ3n) is 6.43. The maximum Gasteiger partial charge on any atom is 0.309 e. The first-order chi connectivity index (χ1) is 19.7. The molecule has 0 bridgehead atoms. The van der Waals surface area contributed by atoms with Gasteiger partial charge in [-0.05, 0) is 31.2 Å². The number of aromatic hydroxyl groups is 3. The summed E-state index contributed by atoms with van der Waals surface area (Å²) >= 11 is 0. The van der Waals surface area contributed by atoms with Crippen molar-refractivity contribution in [3.05, 3.63) is 46.6 Å². The smallest absolute Gasteiger partial charge is 0.309 e. The van der Waals surface area contributed by atoms with E-state index in [1.54, 1.807) is 0 Å². The number of aliphatic carboxylic acids is 1. The minimum absolute atomic E-state index is 0.127. The van der Waals surface area contributed by atoms with Crippen LogP contribution in [0, 0.1) is 0 Å². The third kappa shape index (κ3) is 6.40. The molecular formula is C27H28O15. The van der Waals surface area contributed by atoms with E-state index in [0.29, 0.717) is 0 Å². The summed E-state index contributed by atoms with van der Waals surface area (Å²) in [5.74, 6) is -4.76. The SMILES string of the molecule is C[C@@](O)(CC(=O)O)CC(=O)O[C@@H]1[C@@H](O)[C@H](Oc2c(-c3ccc(O)cc3)oc3cc(O)cc(O)c3c2=O)O[C@H](CO)[C@H]1O. The molecule has 3 aromatic rings. The Labute approximate surface area is 236 Å². The van der Waals surface area contributed by atoms with Gasteiger partial charge in [0.15, 0.2) is 18.0 Å². The van der Waals surface area contributed by atoms with Crippen molar-refractivity contribution in [3.63, 3.8) is 0 Å². The van der Waals surface area contributed by atoms with Gasteiger partial charge in [0.25, 0.3) is 0 Å². The second-order valence-electron chi connectivity index (χ2n) is 10.00. The Morgan fingerprint density at radius 3 is 2.29 bits per heavy atom. The molecule has 8 N–H and O–H groups in total. The lowest BCUT2D eigenvalue weighted by atomic mass is 9.97. The van der Waals surface area contributed by atoms with Crippen LogP contribution in [-0.2, 0) is 19.1 Å². The number of aliphatic hydroxyl groups is 4. The van der Waals surface area contributed by atoms with Crippen molar-refractivity contribution in [2.24, 2.45) is 0 Å². The van der Waals surface area contributed by atoms with E-state index in [9.17, 15) is 50.1 Å². The van der Waals surface area contributed by atoms with Crippen LogP contribution in [0.25, 0.3) is 22.3 Å². The van der Waals surface area contributed by atoms with E-state index in [2.05, 4.69) is 0 Å². The topological polar surface area (TPSA) is 254 Å². The summed E-state index contributed by atoms with van der Waals surface area (Å²) in [6.07, 6.45) is -10.8. The van der Waals surface area contributed by atoms with E-state index in [1.807, 2.05) is 0 Å². The Bertz CT molecular complexity index is 1530. The number of aliphatic hydroxyl groups excluding tert-OH is 3. The average molecular weight is 593 g/mol. The normalized spacial score (nSPS) is 23.7. The summed E-state index contributed by atoms with van der Waals surface area (Å²) in [7, 11) is 0. The van der Waals surface area contributed by atoms with Crippen LogP contribution in [0.4, 0.5) is 0 Å². The van der Waals surface area contributed by atoms with Gasteiger partial charge in [-0.15, -0.1) is 0 Å². The molecule has 4 rings (SSSR count). The van der Waals surface area contributed by atoms with E-state index in [0.717, 1.165) is 19.1 Å². The summed E-state index contributed by atoms with van der Waals surface area (Å²) in [6, 6.07) is 7.16. The first kappa shape index (κ1) is 30.5. The number of ether oxygens (including phenoxy) is 3. The molecule has 0 spiro atoms. The number of phenols is 3. The van der Waals surface area contributed by atoms with Crippen LogP contribution in [0.3, 0.4) is 0 Å². The number of hydrogen-bond acceptors (Lipinski definition) is 14. The minimum atomic E-state index is -2.03. The zero-order chi connectivity index (χ0) is 30.9. The Morgan fingerprint density at radius 2 is 1.67 bits per heavy atom. The quantitative estimate of drug-likeness (QED) is 0.151. The van der Waals surface area contributed by atoms with Crippen LogP contribution in [0.2, 0.25) is 0 Å². The molecule has 42 heavy (non-hydrogen) atoms. The molecule has 0 saturated carbocycles. The van der Waals surface area contributed by atoms with Gasteiger partial charge in [0.2, 0.25) is 17.5 Å². The van der Waals surface area contributed by atoms with Gasteiger partial charge in [0, 0.05) is 17.7 Å². The molecule has 0 radical (unpaired) electrons. The molecular weight excluding hydrogens is 564 g/mol. The van der Waals surface area contributed by atoms with Crippen LogP contribution in [0.1, 0.15) is 19.8 Å². The molecule has 0 amide bonds. The first-order valence-electron chi connectivity index (χ1n) is 12.5. The molecule has 15 nitrogen and oxygen atoms in total. The molecule has 1 aliphatic heterocycles. The van der Waals surface area contributed by atoms with Gasteiger partial charge in [0.1, 0.15) is 40.4 Å². The number of hydrogen-bond donors (Lipinski definition) is 8. The van der Waals surface area contributed by atoms with Crippen molar-refractivity contribution in [2.75, 3.05) is 6.61 Å². The molecule has 15 heteroatoms. The molecule has 226 valence electrons. The Balaban J connectivity index is 1.73. The summed E-state index contributed by atoms with van der Waals surface area (Å²) in [5, 5.41) is 79.9. The van der Waals surface area contributed by atoms with Gasteiger partial charge in [-0.1, -0.05) is 0 Å². The van der Waals surface area contributed by atoms with Crippen LogP contribution in [0.15, 0.2) is 45.6 Å². The van der Waals surface area contributed by atoms with E-state index < -0.39 is 95.8 Å². The monoisotopic (exact) mass is 592 g/mol. The lowest BCUT2D eigenvalue weighted by Crippen LogP contribution is -2.61. The van der Waals surface area contributed by atoms with Crippen molar-refractivity contribution < 1.29 is 69.1 Å². The van der Waals surface area contributed by atoms with Crippen LogP contribution in [-0.4, -0.2) is 95.7 Å². The predicted molar refractivity (Wildman–Crippen MR) is 139 cm³/mol. The number of fused-ring (bicyclic) bond motifs is 1. The second-order valence-corrected chi connectivity index (χ2v) is 10.00. The van der Waals surface area contributed by atoms with Crippen molar-refractivity contribution in [1.29, 1.82) is 0 Å². The largest absolute Gasteiger partial charge is 0.508 e. The lowest BCUT2D eigenvalue weighted by Gasteiger charge is -2.41. The van der Waals surface area contributed by atoms with Gasteiger partial charge in [-0.25, -0.2) is 0 Å². The summed E-state index contributed by atoms with van der Waals surface area (Å²) < 4.78 is 22.0. The van der Waals surface area contributed by atoms with E-state index in [-0.39, 0.29) is 22.7 Å². The molecule has 6 atom stereocenters. The highest BCUT2D eigenvalue weighted by molar-refractivity contribution is 5.88. The highest BCUT2D eigenvalue weighted by Gasteiger charge is 2.49. The first-order valence-corrected chi connectivity index (χ1v) is 12.5. The summed E-state index contributed by atoms with van der Waals surface area (Å²) in [4.78, 5) is 37.0. The number of carbonyl (C=O) groups is 2. The number of carboxylic acids is 1. The van der Waals surface area contributed by atoms with Gasteiger partial charge in [-0.2, -0.15) is 0 Å². The number of rotatable bonds is 9. The molecule has 0 aliphatic carbocycles. The fourth-order valence-electron chi connectivity index (χ4n) is 4.48. The van der Waals surface area contributed by atoms with Crippen LogP contribution < -0.4 is 10.2 Å². The molecule has 2 aromatic carbocycles. The number of phenolic OH excluding ortho intramolecular Hbond substituents is 3. The molecule has 0 unspecified atom stereocenters. The minimum Gasteiger partial charge on any atom is -0.508 e. The maximum atomic E-state index is 13.5. The number of esters is 1. The van der Waals surface area contributed by atoms with Gasteiger partial charge < -0.3 is 59.5 Å². The van der Waals surface area contributed by atoms with Crippen molar-refractivity contribution in [2.45, 2.75) is 56.1 Å². The van der Waals surface area contributed by atoms with Crippen LogP contribution in [0.5, 0.6) is 23.0 Å². The fourth-order valence-corrected chi connectivity index (χ4v) is 4.48. The fraction of sp³-hybridized carbons (Fsp3) is 0.370.